The van der Waals surface area contributed by atoms with E-state index in [2.05, 4.69) is 9.97 Å². The van der Waals surface area contributed by atoms with Gasteiger partial charge >= 0.3 is 0 Å². The van der Waals surface area contributed by atoms with Crippen molar-refractivity contribution in [2.24, 2.45) is 0 Å². The van der Waals surface area contributed by atoms with Crippen LogP contribution >= 0.6 is 0 Å². The highest BCUT2D eigenvalue weighted by Crippen LogP contribution is 2.39. The first kappa shape index (κ1) is 6.70. The number of alkyl halides is 1. The summed E-state index contributed by atoms with van der Waals surface area (Å²) in [5.74, 6) is 0.279. The highest BCUT2D eigenvalue weighted by Gasteiger charge is 2.29. The van der Waals surface area contributed by atoms with Gasteiger partial charge in [-0.25, -0.2) is 14.4 Å². The van der Waals surface area contributed by atoms with Gasteiger partial charge in [0.25, 0.3) is 0 Å². The minimum Gasteiger partial charge on any atom is -0.245 e. The smallest absolute Gasteiger partial charge is 0.143 e. The van der Waals surface area contributed by atoms with Gasteiger partial charge in [0.05, 0.1) is 5.69 Å². The highest BCUT2D eigenvalue weighted by molar-refractivity contribution is 5.28. The van der Waals surface area contributed by atoms with Crippen LogP contribution in [0.4, 0.5) is 4.39 Å². The maximum Gasteiger partial charge on any atom is 0.143 e. The van der Waals surface area contributed by atoms with Crippen molar-refractivity contribution < 1.29 is 4.39 Å². The highest BCUT2D eigenvalue weighted by atomic mass is 19.1. The second kappa shape index (κ2) is 2.26. The Morgan fingerprint density at radius 3 is 3.18 bits per heavy atom. The average Bonchev–Trinajstić information content (AvgIpc) is 2.30. The van der Waals surface area contributed by atoms with Crippen molar-refractivity contribution in [3.8, 4) is 0 Å². The second-order valence-corrected chi connectivity index (χ2v) is 2.97. The lowest BCUT2D eigenvalue weighted by Crippen LogP contribution is -1.91. The molecule has 1 aromatic rings. The van der Waals surface area contributed by atoms with Gasteiger partial charge in [0.1, 0.15) is 12.5 Å². The monoisotopic (exact) mass is 152 g/mol. The maximum atomic E-state index is 13.1. The molecule has 0 aliphatic heterocycles. The Bertz CT molecular complexity index is 248. The van der Waals surface area contributed by atoms with E-state index in [4.69, 9.17) is 0 Å². The summed E-state index contributed by atoms with van der Waals surface area (Å²) in [5.41, 5.74) is 1.56. The van der Waals surface area contributed by atoms with Crippen LogP contribution in [-0.4, -0.2) is 9.97 Å². The van der Waals surface area contributed by atoms with Crippen molar-refractivity contribution >= 4 is 0 Å². The van der Waals surface area contributed by atoms with Gasteiger partial charge in [-0.3, -0.25) is 0 Å². The van der Waals surface area contributed by atoms with Crippen LogP contribution in [0, 0.1) is 0 Å². The molecule has 0 N–H and O–H groups in total. The quantitative estimate of drug-likeness (QED) is 0.568. The van der Waals surface area contributed by atoms with E-state index in [1.54, 1.807) is 6.20 Å². The predicted molar refractivity (Wildman–Crippen MR) is 38.9 cm³/mol. The molecule has 0 radical (unpaired) electrons. The molecule has 2 atom stereocenters. The SMILES string of the molecule is CC1CC(F)c2ncncc21. The van der Waals surface area contributed by atoms with E-state index in [1.165, 1.54) is 6.33 Å². The lowest BCUT2D eigenvalue weighted by atomic mass is 10.1. The molecule has 1 aliphatic carbocycles. The molecule has 0 fully saturated rings. The molecule has 0 saturated heterocycles. The Hall–Kier alpha value is -0.990. The number of halogens is 1. The van der Waals surface area contributed by atoms with Gasteiger partial charge < -0.3 is 0 Å². The van der Waals surface area contributed by atoms with E-state index < -0.39 is 6.17 Å². The molecule has 3 heteroatoms. The van der Waals surface area contributed by atoms with E-state index in [9.17, 15) is 4.39 Å². The molecule has 58 valence electrons. The molecule has 0 spiro atoms. The van der Waals surface area contributed by atoms with Crippen LogP contribution in [-0.2, 0) is 0 Å². The summed E-state index contributed by atoms with van der Waals surface area (Å²) in [5, 5.41) is 0. The summed E-state index contributed by atoms with van der Waals surface area (Å²) in [6.07, 6.45) is 2.81. The Morgan fingerprint density at radius 1 is 1.64 bits per heavy atom. The first-order valence-electron chi connectivity index (χ1n) is 3.73. The summed E-state index contributed by atoms with van der Waals surface area (Å²) in [7, 11) is 0. The fourth-order valence-electron chi connectivity index (χ4n) is 1.54. The maximum absolute atomic E-state index is 13.1. The lowest BCUT2D eigenvalue weighted by Gasteiger charge is -1.98. The van der Waals surface area contributed by atoms with E-state index in [-0.39, 0.29) is 5.92 Å². The van der Waals surface area contributed by atoms with Crippen molar-refractivity contribution in [1.82, 2.24) is 9.97 Å². The van der Waals surface area contributed by atoms with Gasteiger partial charge in [0, 0.05) is 6.20 Å². The summed E-state index contributed by atoms with van der Waals surface area (Å²) >= 11 is 0. The summed E-state index contributed by atoms with van der Waals surface area (Å²) in [6, 6.07) is 0. The number of hydrogen-bond donors (Lipinski definition) is 0. The van der Waals surface area contributed by atoms with Crippen LogP contribution in [0.25, 0.3) is 0 Å². The van der Waals surface area contributed by atoms with Crippen molar-refractivity contribution in [2.75, 3.05) is 0 Å². The van der Waals surface area contributed by atoms with Gasteiger partial charge in [-0.1, -0.05) is 6.92 Å². The third-order valence-electron chi connectivity index (χ3n) is 2.16. The molecule has 2 unspecified atom stereocenters. The molecule has 2 rings (SSSR count). The van der Waals surface area contributed by atoms with Gasteiger partial charge in [-0.15, -0.1) is 0 Å². The minimum atomic E-state index is -0.872. The Labute approximate surface area is 64.5 Å². The normalized spacial score (nSPS) is 28.5. The summed E-state index contributed by atoms with van der Waals surface area (Å²) < 4.78 is 13.1. The molecule has 0 aromatic carbocycles. The molecule has 0 amide bonds. The molecular weight excluding hydrogens is 143 g/mol. The molecule has 1 aromatic heterocycles. The van der Waals surface area contributed by atoms with Crippen molar-refractivity contribution in [3.63, 3.8) is 0 Å². The molecule has 1 heterocycles. The molecule has 11 heavy (non-hydrogen) atoms. The molecule has 1 aliphatic rings. The fraction of sp³-hybridized carbons (Fsp3) is 0.500. The topological polar surface area (TPSA) is 25.8 Å². The predicted octanol–water partition coefficient (Wildman–Crippen LogP) is 1.99. The van der Waals surface area contributed by atoms with Crippen molar-refractivity contribution in [2.45, 2.75) is 25.4 Å². The summed E-state index contributed by atoms with van der Waals surface area (Å²) in [6.45, 7) is 2.00. The zero-order valence-electron chi connectivity index (χ0n) is 6.29. The van der Waals surface area contributed by atoms with Crippen LogP contribution in [0.1, 0.15) is 36.7 Å². The van der Waals surface area contributed by atoms with Crippen LogP contribution in [0.2, 0.25) is 0 Å². The number of fused-ring (bicyclic) bond motifs is 1. The Morgan fingerprint density at radius 2 is 2.45 bits per heavy atom. The van der Waals surface area contributed by atoms with Crippen LogP contribution in [0.3, 0.4) is 0 Å². The fourth-order valence-corrected chi connectivity index (χ4v) is 1.54. The third kappa shape index (κ3) is 0.914. The standard InChI is InChI=1S/C8H9FN2/c1-5-2-7(9)8-6(5)3-10-4-11-8/h3-5,7H,2H2,1H3. The largest absolute Gasteiger partial charge is 0.245 e. The number of nitrogens with zero attached hydrogens (tertiary/aromatic N) is 2. The summed E-state index contributed by atoms with van der Waals surface area (Å²) in [4.78, 5) is 7.77. The van der Waals surface area contributed by atoms with E-state index in [1.807, 2.05) is 6.92 Å². The number of hydrogen-bond acceptors (Lipinski definition) is 2. The number of aromatic nitrogens is 2. The van der Waals surface area contributed by atoms with Gasteiger partial charge in [0.2, 0.25) is 0 Å². The van der Waals surface area contributed by atoms with Crippen LogP contribution in [0.5, 0.6) is 0 Å². The van der Waals surface area contributed by atoms with Gasteiger partial charge in [-0.05, 0) is 17.9 Å². The average molecular weight is 152 g/mol. The zero-order chi connectivity index (χ0) is 7.84. The second-order valence-electron chi connectivity index (χ2n) is 2.97. The Kier molecular flexibility index (Phi) is 1.37. The van der Waals surface area contributed by atoms with Crippen molar-refractivity contribution in [3.05, 3.63) is 23.8 Å². The van der Waals surface area contributed by atoms with Gasteiger partial charge in [0.15, 0.2) is 0 Å². The first-order chi connectivity index (χ1) is 5.29. The Balaban J connectivity index is 2.52. The molecular formula is C8H9FN2. The molecule has 0 bridgehead atoms. The zero-order valence-corrected chi connectivity index (χ0v) is 6.29. The first-order valence-corrected chi connectivity index (χ1v) is 3.73. The lowest BCUT2D eigenvalue weighted by molar-refractivity contribution is 0.326. The molecule has 2 nitrogen and oxygen atoms in total. The van der Waals surface area contributed by atoms with Crippen molar-refractivity contribution in [1.29, 1.82) is 0 Å². The van der Waals surface area contributed by atoms with Crippen LogP contribution in [0.15, 0.2) is 12.5 Å². The third-order valence-corrected chi connectivity index (χ3v) is 2.16. The van der Waals surface area contributed by atoms with Crippen LogP contribution < -0.4 is 0 Å². The van der Waals surface area contributed by atoms with Gasteiger partial charge in [-0.2, -0.15) is 0 Å². The molecule has 0 saturated carbocycles. The number of rotatable bonds is 0. The van der Waals surface area contributed by atoms with E-state index >= 15 is 0 Å². The van der Waals surface area contributed by atoms with E-state index in [0.717, 1.165) is 5.56 Å². The minimum absolute atomic E-state index is 0.279. The van der Waals surface area contributed by atoms with E-state index in [0.29, 0.717) is 12.1 Å².